The molecule has 1 fully saturated rings. The van der Waals surface area contributed by atoms with E-state index >= 15 is 0 Å². The highest BCUT2D eigenvalue weighted by Crippen LogP contribution is 2.18. The van der Waals surface area contributed by atoms with Gasteiger partial charge in [-0.3, -0.25) is 14.7 Å². The van der Waals surface area contributed by atoms with E-state index < -0.39 is 5.91 Å². The fourth-order valence-electron chi connectivity index (χ4n) is 3.14. The van der Waals surface area contributed by atoms with Crippen molar-refractivity contribution in [3.05, 3.63) is 54.0 Å². The summed E-state index contributed by atoms with van der Waals surface area (Å²) < 4.78 is 5.18. The number of ether oxygens (including phenoxy) is 1. The zero-order chi connectivity index (χ0) is 19.1. The van der Waals surface area contributed by atoms with E-state index in [1.165, 1.54) is 0 Å². The van der Waals surface area contributed by atoms with Gasteiger partial charge in [-0.25, -0.2) is 4.98 Å². The third kappa shape index (κ3) is 5.04. The summed E-state index contributed by atoms with van der Waals surface area (Å²) in [6.45, 7) is 4.53. The molecule has 1 amide bonds. The highest BCUT2D eigenvalue weighted by molar-refractivity contribution is 5.97. The van der Waals surface area contributed by atoms with Gasteiger partial charge in [0.15, 0.2) is 0 Å². The lowest BCUT2D eigenvalue weighted by Crippen LogP contribution is -2.47. The van der Waals surface area contributed by atoms with Crippen LogP contribution >= 0.6 is 0 Å². The van der Waals surface area contributed by atoms with Gasteiger partial charge in [0, 0.05) is 45.1 Å². The van der Waals surface area contributed by atoms with Gasteiger partial charge in [-0.1, -0.05) is 12.2 Å². The van der Waals surface area contributed by atoms with Crippen molar-refractivity contribution in [1.29, 1.82) is 0 Å². The summed E-state index contributed by atoms with van der Waals surface area (Å²) in [4.78, 5) is 24.6. The zero-order valence-electron chi connectivity index (χ0n) is 15.5. The SMILES string of the molecule is COc1cncc(/C=C/CCN2CCN(c3ncccc3C(N)=O)CC2)c1. The number of hydrogen-bond donors (Lipinski definition) is 1. The van der Waals surface area contributed by atoms with Crippen molar-refractivity contribution in [3.63, 3.8) is 0 Å². The first-order valence-corrected chi connectivity index (χ1v) is 9.05. The van der Waals surface area contributed by atoms with E-state index in [0.29, 0.717) is 11.4 Å². The van der Waals surface area contributed by atoms with Crippen LogP contribution in [-0.4, -0.2) is 60.6 Å². The molecule has 2 aromatic heterocycles. The first kappa shape index (κ1) is 18.8. The van der Waals surface area contributed by atoms with Gasteiger partial charge in [-0.05, 0) is 30.2 Å². The van der Waals surface area contributed by atoms with Crippen molar-refractivity contribution in [3.8, 4) is 5.75 Å². The van der Waals surface area contributed by atoms with E-state index in [-0.39, 0.29) is 0 Å². The molecule has 0 spiro atoms. The predicted molar refractivity (Wildman–Crippen MR) is 106 cm³/mol. The quantitative estimate of drug-likeness (QED) is 0.803. The molecule has 0 atom stereocenters. The predicted octanol–water partition coefficient (Wildman–Crippen LogP) is 1.81. The second kappa shape index (κ2) is 9.14. The Bertz CT molecular complexity index is 800. The minimum atomic E-state index is -0.433. The molecule has 142 valence electrons. The largest absolute Gasteiger partial charge is 0.495 e. The minimum Gasteiger partial charge on any atom is -0.495 e. The van der Waals surface area contributed by atoms with E-state index in [9.17, 15) is 4.79 Å². The van der Waals surface area contributed by atoms with Gasteiger partial charge in [0.25, 0.3) is 5.91 Å². The Balaban J connectivity index is 1.47. The molecular formula is C20H25N5O2. The summed E-state index contributed by atoms with van der Waals surface area (Å²) in [5.74, 6) is 1.02. The molecule has 1 aliphatic heterocycles. The van der Waals surface area contributed by atoms with Crippen LogP contribution in [0.3, 0.4) is 0 Å². The Morgan fingerprint density at radius 1 is 1.30 bits per heavy atom. The number of carbonyl (C=O) groups is 1. The number of aromatic nitrogens is 2. The lowest BCUT2D eigenvalue weighted by Gasteiger charge is -2.35. The Hall–Kier alpha value is -2.93. The van der Waals surface area contributed by atoms with Crippen LogP contribution in [0.1, 0.15) is 22.3 Å². The fourth-order valence-corrected chi connectivity index (χ4v) is 3.14. The van der Waals surface area contributed by atoms with Crippen LogP contribution in [0.2, 0.25) is 0 Å². The molecule has 0 bridgehead atoms. The monoisotopic (exact) mass is 367 g/mol. The summed E-state index contributed by atoms with van der Waals surface area (Å²) in [7, 11) is 1.64. The Kier molecular flexibility index (Phi) is 6.38. The number of methoxy groups -OCH3 is 1. The third-order valence-electron chi connectivity index (χ3n) is 4.62. The summed E-state index contributed by atoms with van der Waals surface area (Å²) in [5.41, 5.74) is 6.98. The average molecular weight is 367 g/mol. The van der Waals surface area contributed by atoms with Gasteiger partial charge >= 0.3 is 0 Å². The number of nitrogens with zero attached hydrogens (tertiary/aromatic N) is 4. The van der Waals surface area contributed by atoms with Crippen LogP contribution in [0.4, 0.5) is 5.82 Å². The van der Waals surface area contributed by atoms with Crippen LogP contribution in [0.15, 0.2) is 42.9 Å². The maximum absolute atomic E-state index is 11.6. The molecule has 2 N–H and O–H groups in total. The fraction of sp³-hybridized carbons (Fsp3) is 0.350. The number of anilines is 1. The van der Waals surface area contributed by atoms with Gasteiger partial charge in [-0.15, -0.1) is 0 Å². The van der Waals surface area contributed by atoms with Crippen molar-refractivity contribution in [2.24, 2.45) is 5.73 Å². The molecule has 0 aliphatic carbocycles. The van der Waals surface area contributed by atoms with Crippen LogP contribution in [-0.2, 0) is 0 Å². The molecule has 0 unspecified atom stereocenters. The summed E-state index contributed by atoms with van der Waals surface area (Å²) in [5, 5.41) is 0. The molecule has 7 nitrogen and oxygen atoms in total. The maximum Gasteiger partial charge on any atom is 0.252 e. The van der Waals surface area contributed by atoms with E-state index in [2.05, 4.69) is 31.9 Å². The molecular weight excluding hydrogens is 342 g/mol. The van der Waals surface area contributed by atoms with E-state index in [1.807, 2.05) is 12.3 Å². The van der Waals surface area contributed by atoms with E-state index in [4.69, 9.17) is 10.5 Å². The molecule has 1 saturated heterocycles. The molecule has 0 saturated carbocycles. The van der Waals surface area contributed by atoms with Crippen LogP contribution in [0, 0.1) is 0 Å². The number of piperazine rings is 1. The lowest BCUT2D eigenvalue weighted by atomic mass is 10.2. The van der Waals surface area contributed by atoms with Crippen molar-refractivity contribution >= 4 is 17.8 Å². The molecule has 0 aromatic carbocycles. The lowest BCUT2D eigenvalue weighted by molar-refractivity contribution is 0.1000. The van der Waals surface area contributed by atoms with Crippen molar-refractivity contribution in [2.75, 3.05) is 44.7 Å². The molecule has 3 heterocycles. The molecule has 27 heavy (non-hydrogen) atoms. The van der Waals surface area contributed by atoms with Gasteiger partial charge < -0.3 is 15.4 Å². The molecule has 2 aromatic rings. The van der Waals surface area contributed by atoms with E-state index in [0.717, 1.165) is 50.5 Å². The highest BCUT2D eigenvalue weighted by atomic mass is 16.5. The zero-order valence-corrected chi connectivity index (χ0v) is 15.5. The number of nitrogens with two attached hydrogens (primary N) is 1. The second-order valence-corrected chi connectivity index (χ2v) is 6.42. The summed E-state index contributed by atoms with van der Waals surface area (Å²) in [6.07, 6.45) is 10.4. The number of carbonyl (C=O) groups excluding carboxylic acids is 1. The number of hydrogen-bond acceptors (Lipinski definition) is 6. The smallest absolute Gasteiger partial charge is 0.252 e. The molecule has 0 radical (unpaired) electrons. The molecule has 7 heteroatoms. The van der Waals surface area contributed by atoms with Crippen LogP contribution in [0.25, 0.3) is 6.08 Å². The first-order valence-electron chi connectivity index (χ1n) is 9.05. The maximum atomic E-state index is 11.6. The van der Waals surface area contributed by atoms with Crippen LogP contribution in [0.5, 0.6) is 5.75 Å². The van der Waals surface area contributed by atoms with Gasteiger partial charge in [-0.2, -0.15) is 0 Å². The van der Waals surface area contributed by atoms with E-state index in [1.54, 1.807) is 31.6 Å². The van der Waals surface area contributed by atoms with Crippen molar-refractivity contribution in [1.82, 2.24) is 14.9 Å². The number of rotatable bonds is 7. The second-order valence-electron chi connectivity index (χ2n) is 6.42. The van der Waals surface area contributed by atoms with Crippen LogP contribution < -0.4 is 15.4 Å². The van der Waals surface area contributed by atoms with Gasteiger partial charge in [0.05, 0.1) is 18.9 Å². The Morgan fingerprint density at radius 2 is 2.11 bits per heavy atom. The Morgan fingerprint density at radius 3 is 2.85 bits per heavy atom. The normalized spacial score (nSPS) is 15.2. The average Bonchev–Trinajstić information content (AvgIpc) is 2.72. The Labute approximate surface area is 159 Å². The first-order chi connectivity index (χ1) is 13.2. The number of amides is 1. The summed E-state index contributed by atoms with van der Waals surface area (Å²) in [6, 6.07) is 5.44. The number of pyridine rings is 2. The highest BCUT2D eigenvalue weighted by Gasteiger charge is 2.21. The summed E-state index contributed by atoms with van der Waals surface area (Å²) >= 11 is 0. The topological polar surface area (TPSA) is 84.6 Å². The number of primary amides is 1. The third-order valence-corrected chi connectivity index (χ3v) is 4.62. The minimum absolute atomic E-state index is 0.433. The van der Waals surface area contributed by atoms with Crippen molar-refractivity contribution < 1.29 is 9.53 Å². The molecule has 1 aliphatic rings. The standard InChI is InChI=1S/C20H25N5O2/c1-27-17-13-16(14-22-15-17)5-2-3-8-24-9-11-25(12-10-24)20-18(19(21)26)6-4-7-23-20/h2,4-7,13-15H,3,8-12H2,1H3,(H2,21,26)/b5-2+. The van der Waals surface area contributed by atoms with Crippen molar-refractivity contribution in [2.45, 2.75) is 6.42 Å². The molecule has 3 rings (SSSR count). The van der Waals surface area contributed by atoms with Gasteiger partial charge in [0.1, 0.15) is 11.6 Å². The van der Waals surface area contributed by atoms with Gasteiger partial charge in [0.2, 0.25) is 0 Å².